The fraction of sp³-hybridized carbons (Fsp3) is 0.385. The van der Waals surface area contributed by atoms with Crippen molar-refractivity contribution in [3.05, 3.63) is 58.7 Å². The molecule has 0 amide bonds. The molecule has 0 saturated heterocycles. The van der Waals surface area contributed by atoms with Crippen molar-refractivity contribution in [3.8, 4) is 23.0 Å². The van der Waals surface area contributed by atoms with Gasteiger partial charge in [0.2, 0.25) is 0 Å². The lowest BCUT2D eigenvalue weighted by atomic mass is 9.83. The summed E-state index contributed by atoms with van der Waals surface area (Å²) in [6.45, 7) is 18.2. The summed E-state index contributed by atoms with van der Waals surface area (Å²) in [5.41, 5.74) is 1.08. The van der Waals surface area contributed by atoms with Crippen molar-refractivity contribution in [2.75, 3.05) is 0 Å². The molecule has 0 aliphatic rings. The van der Waals surface area contributed by atoms with Crippen molar-refractivity contribution < 1.29 is 29.3 Å². The molecule has 0 fully saturated rings. The largest absolute Gasteiger partial charge is 0.507 e. The molecular weight excluding hydrogens is 408 g/mol. The van der Waals surface area contributed by atoms with Crippen molar-refractivity contribution in [2.24, 2.45) is 0 Å². The average Bonchev–Trinajstić information content (AvgIpc) is 2.64. The van der Waals surface area contributed by atoms with Gasteiger partial charge in [-0.25, -0.2) is 9.59 Å². The summed E-state index contributed by atoms with van der Waals surface area (Å²) in [5.74, 6) is -1.91. The van der Waals surface area contributed by atoms with Crippen LogP contribution in [0.15, 0.2) is 30.9 Å². The lowest BCUT2D eigenvalue weighted by Crippen LogP contribution is -2.21. The summed E-state index contributed by atoms with van der Waals surface area (Å²) < 4.78 is 11.0. The fourth-order valence-electron chi connectivity index (χ4n) is 3.44. The highest BCUT2D eigenvalue weighted by Crippen LogP contribution is 2.44. The van der Waals surface area contributed by atoms with Gasteiger partial charge in [-0.05, 0) is 47.9 Å². The number of phenols is 2. The first kappa shape index (κ1) is 25.0. The Bertz CT molecular complexity index is 1080. The van der Waals surface area contributed by atoms with Gasteiger partial charge in [0.25, 0.3) is 0 Å². The van der Waals surface area contributed by atoms with Gasteiger partial charge in [0, 0.05) is 17.2 Å². The topological polar surface area (TPSA) is 93.1 Å². The SMILES string of the molecule is C=CC(=O)Oc1c(C(=O)Oc2cc(C)cc(C(C)(C)C)c2O)cc(C)c(O)c1C(C)(C)C. The highest BCUT2D eigenvalue weighted by atomic mass is 16.6. The van der Waals surface area contributed by atoms with Gasteiger partial charge < -0.3 is 19.7 Å². The van der Waals surface area contributed by atoms with Crippen LogP contribution in [0.1, 0.15) is 74.2 Å². The van der Waals surface area contributed by atoms with E-state index in [4.69, 9.17) is 9.47 Å². The number of ether oxygens (including phenoxy) is 2. The van der Waals surface area contributed by atoms with Crippen LogP contribution in [0.2, 0.25) is 0 Å². The number of hydrogen-bond acceptors (Lipinski definition) is 6. The molecule has 0 heterocycles. The number of esters is 2. The van der Waals surface area contributed by atoms with E-state index in [2.05, 4.69) is 6.58 Å². The molecule has 2 N–H and O–H groups in total. The number of hydrogen-bond donors (Lipinski definition) is 2. The smallest absolute Gasteiger partial charge is 0.347 e. The Hall–Kier alpha value is -3.28. The van der Waals surface area contributed by atoms with Crippen molar-refractivity contribution in [2.45, 2.75) is 66.2 Å². The first-order chi connectivity index (χ1) is 14.6. The molecule has 0 radical (unpaired) electrons. The van der Waals surface area contributed by atoms with Gasteiger partial charge in [-0.1, -0.05) is 54.2 Å². The van der Waals surface area contributed by atoms with Crippen LogP contribution in [0.3, 0.4) is 0 Å². The van der Waals surface area contributed by atoms with E-state index in [9.17, 15) is 19.8 Å². The lowest BCUT2D eigenvalue weighted by molar-refractivity contribution is -0.129. The van der Waals surface area contributed by atoms with Crippen LogP contribution < -0.4 is 9.47 Å². The van der Waals surface area contributed by atoms with Crippen molar-refractivity contribution >= 4 is 11.9 Å². The molecule has 6 heteroatoms. The number of phenolic OH excluding ortho intramolecular Hbond substituents is 2. The molecule has 32 heavy (non-hydrogen) atoms. The van der Waals surface area contributed by atoms with Crippen LogP contribution >= 0.6 is 0 Å². The summed E-state index contributed by atoms with van der Waals surface area (Å²) in [6, 6.07) is 4.80. The maximum absolute atomic E-state index is 13.2. The molecule has 0 unspecified atom stereocenters. The monoisotopic (exact) mass is 440 g/mol. The van der Waals surface area contributed by atoms with Crippen LogP contribution in [0.5, 0.6) is 23.0 Å². The minimum atomic E-state index is -0.828. The molecule has 0 atom stereocenters. The Balaban J connectivity index is 2.70. The van der Waals surface area contributed by atoms with E-state index in [0.717, 1.165) is 11.6 Å². The normalized spacial score (nSPS) is 11.8. The summed E-state index contributed by atoms with van der Waals surface area (Å²) in [7, 11) is 0. The van der Waals surface area contributed by atoms with E-state index in [1.54, 1.807) is 13.0 Å². The lowest BCUT2D eigenvalue weighted by Gasteiger charge is -2.26. The molecule has 0 aliphatic heterocycles. The highest BCUT2D eigenvalue weighted by molar-refractivity contribution is 5.97. The Kier molecular flexibility index (Phi) is 6.79. The predicted octanol–water partition coefficient (Wildman–Crippen LogP) is 5.62. The second-order valence-corrected chi connectivity index (χ2v) is 9.97. The molecule has 0 spiro atoms. The second-order valence-electron chi connectivity index (χ2n) is 9.97. The number of carbonyl (C=O) groups is 2. The van der Waals surface area contributed by atoms with Gasteiger partial charge in [-0.2, -0.15) is 0 Å². The van der Waals surface area contributed by atoms with E-state index in [-0.39, 0.29) is 34.0 Å². The molecule has 172 valence electrons. The van der Waals surface area contributed by atoms with Crippen LogP contribution in [0, 0.1) is 13.8 Å². The first-order valence-corrected chi connectivity index (χ1v) is 10.4. The summed E-state index contributed by atoms with van der Waals surface area (Å²) in [6.07, 6.45) is 0.973. The number of carbonyl (C=O) groups excluding carboxylic acids is 2. The molecule has 2 rings (SSSR count). The second kappa shape index (κ2) is 8.69. The van der Waals surface area contributed by atoms with Crippen LogP contribution in [-0.2, 0) is 15.6 Å². The minimum absolute atomic E-state index is 0.00367. The Morgan fingerprint density at radius 1 is 0.906 bits per heavy atom. The predicted molar refractivity (Wildman–Crippen MR) is 124 cm³/mol. The Morgan fingerprint density at radius 2 is 1.50 bits per heavy atom. The third-order valence-electron chi connectivity index (χ3n) is 5.01. The van der Waals surface area contributed by atoms with Crippen molar-refractivity contribution in [1.82, 2.24) is 0 Å². The quantitative estimate of drug-likeness (QED) is 0.364. The average molecular weight is 441 g/mol. The minimum Gasteiger partial charge on any atom is -0.507 e. The van der Waals surface area contributed by atoms with E-state index < -0.39 is 17.4 Å². The molecule has 0 bridgehead atoms. The van der Waals surface area contributed by atoms with Crippen LogP contribution in [0.4, 0.5) is 0 Å². The Morgan fingerprint density at radius 3 is 2.00 bits per heavy atom. The van der Waals surface area contributed by atoms with E-state index >= 15 is 0 Å². The number of benzene rings is 2. The van der Waals surface area contributed by atoms with Gasteiger partial charge in [-0.3, -0.25) is 0 Å². The third kappa shape index (κ3) is 5.13. The van der Waals surface area contributed by atoms with Gasteiger partial charge in [0.1, 0.15) is 11.3 Å². The fourth-order valence-corrected chi connectivity index (χ4v) is 3.44. The zero-order valence-corrected chi connectivity index (χ0v) is 20.0. The molecule has 0 aliphatic carbocycles. The molecule has 2 aromatic rings. The molecule has 0 saturated carbocycles. The number of rotatable bonds is 4. The molecular formula is C26H32O6. The standard InChI is InChI=1S/C26H32O6/c1-10-19(27)32-23-16(13-15(3)21(28)20(23)26(7,8)9)24(30)31-18-12-14(2)11-17(22(18)29)25(4,5)6/h10-13,28-29H,1H2,2-9H3. The van der Waals surface area contributed by atoms with Gasteiger partial charge in [0.05, 0.1) is 0 Å². The zero-order chi connectivity index (χ0) is 24.6. The third-order valence-corrected chi connectivity index (χ3v) is 5.01. The van der Waals surface area contributed by atoms with Crippen LogP contribution in [0.25, 0.3) is 0 Å². The van der Waals surface area contributed by atoms with E-state index in [0.29, 0.717) is 16.7 Å². The van der Waals surface area contributed by atoms with E-state index in [1.165, 1.54) is 6.07 Å². The maximum Gasteiger partial charge on any atom is 0.347 e. The van der Waals surface area contributed by atoms with Gasteiger partial charge in [0.15, 0.2) is 17.2 Å². The maximum atomic E-state index is 13.2. The van der Waals surface area contributed by atoms with E-state index in [1.807, 2.05) is 54.5 Å². The summed E-state index contributed by atoms with van der Waals surface area (Å²) >= 11 is 0. The molecule has 6 nitrogen and oxygen atoms in total. The van der Waals surface area contributed by atoms with Gasteiger partial charge in [-0.15, -0.1) is 0 Å². The van der Waals surface area contributed by atoms with Crippen molar-refractivity contribution in [3.63, 3.8) is 0 Å². The first-order valence-electron chi connectivity index (χ1n) is 10.4. The highest BCUT2D eigenvalue weighted by Gasteiger charge is 2.32. The zero-order valence-electron chi connectivity index (χ0n) is 20.0. The summed E-state index contributed by atoms with van der Waals surface area (Å²) in [5, 5.41) is 21.5. The number of aryl methyl sites for hydroxylation is 2. The van der Waals surface area contributed by atoms with Crippen molar-refractivity contribution in [1.29, 1.82) is 0 Å². The number of aromatic hydroxyl groups is 2. The molecule has 0 aromatic heterocycles. The Labute approximate surface area is 189 Å². The molecule has 2 aromatic carbocycles. The summed E-state index contributed by atoms with van der Waals surface area (Å²) in [4.78, 5) is 25.3. The van der Waals surface area contributed by atoms with Gasteiger partial charge >= 0.3 is 11.9 Å². The van der Waals surface area contributed by atoms with Crippen LogP contribution in [-0.4, -0.2) is 22.2 Å².